The zero-order chi connectivity index (χ0) is 13.1. The molecule has 0 aromatic heterocycles. The molecule has 0 saturated carbocycles. The maximum absolute atomic E-state index is 10.3. The lowest BCUT2D eigenvalue weighted by Crippen LogP contribution is -2.50. The quantitative estimate of drug-likeness (QED) is 0.931. The number of β-amino-alcohol motifs (C(OH)–C–C–N with tert-alkyl or cyclic N) is 1. The van der Waals surface area contributed by atoms with Crippen LogP contribution in [0.1, 0.15) is 25.5 Å². The number of hydrogen-bond donors (Lipinski definition) is 1. The van der Waals surface area contributed by atoms with E-state index >= 15 is 0 Å². The van der Waals surface area contributed by atoms with Gasteiger partial charge in [0.15, 0.2) is 0 Å². The number of rotatable bonds is 3. The Morgan fingerprint density at radius 1 is 1.28 bits per heavy atom. The molecule has 100 valence electrons. The highest BCUT2D eigenvalue weighted by molar-refractivity contribution is 9.10. The summed E-state index contributed by atoms with van der Waals surface area (Å²) in [6.07, 6.45) is -0.443. The first-order chi connectivity index (χ1) is 8.58. The van der Waals surface area contributed by atoms with Crippen LogP contribution in [0.25, 0.3) is 0 Å². The molecule has 1 aliphatic rings. The third kappa shape index (κ3) is 3.32. The van der Waals surface area contributed by atoms with Crippen molar-refractivity contribution in [3.63, 3.8) is 0 Å². The SMILES string of the molecule is CC1COCC(C)N1CC(O)c1ccc(Br)cc1. The number of morpholine rings is 1. The summed E-state index contributed by atoms with van der Waals surface area (Å²) in [4.78, 5) is 2.32. The van der Waals surface area contributed by atoms with Crippen LogP contribution in [0.4, 0.5) is 0 Å². The first-order valence-corrected chi connectivity index (χ1v) is 7.14. The Morgan fingerprint density at radius 3 is 2.39 bits per heavy atom. The topological polar surface area (TPSA) is 32.7 Å². The van der Waals surface area contributed by atoms with Crippen LogP contribution in [0.3, 0.4) is 0 Å². The van der Waals surface area contributed by atoms with Crippen molar-refractivity contribution in [2.24, 2.45) is 0 Å². The highest BCUT2D eigenvalue weighted by atomic mass is 79.9. The van der Waals surface area contributed by atoms with Crippen molar-refractivity contribution >= 4 is 15.9 Å². The van der Waals surface area contributed by atoms with E-state index in [1.165, 1.54) is 0 Å². The monoisotopic (exact) mass is 313 g/mol. The summed E-state index contributed by atoms with van der Waals surface area (Å²) in [5.74, 6) is 0. The first-order valence-electron chi connectivity index (χ1n) is 6.35. The largest absolute Gasteiger partial charge is 0.387 e. The number of aliphatic hydroxyl groups is 1. The molecule has 1 saturated heterocycles. The van der Waals surface area contributed by atoms with E-state index in [4.69, 9.17) is 4.74 Å². The molecular formula is C14H20BrNO2. The molecule has 3 unspecified atom stereocenters. The van der Waals surface area contributed by atoms with Crippen molar-refractivity contribution in [2.75, 3.05) is 19.8 Å². The van der Waals surface area contributed by atoms with Crippen LogP contribution in [-0.2, 0) is 4.74 Å². The summed E-state index contributed by atoms with van der Waals surface area (Å²) in [5.41, 5.74) is 0.962. The smallest absolute Gasteiger partial charge is 0.0917 e. The lowest BCUT2D eigenvalue weighted by atomic mass is 10.1. The molecule has 1 heterocycles. The van der Waals surface area contributed by atoms with Crippen LogP contribution in [0.5, 0.6) is 0 Å². The number of aliphatic hydroxyl groups excluding tert-OH is 1. The molecule has 4 heteroatoms. The van der Waals surface area contributed by atoms with Crippen LogP contribution in [-0.4, -0.2) is 41.8 Å². The Labute approximate surface area is 117 Å². The number of benzene rings is 1. The molecule has 1 aromatic carbocycles. The van der Waals surface area contributed by atoms with Gasteiger partial charge >= 0.3 is 0 Å². The fourth-order valence-electron chi connectivity index (χ4n) is 2.38. The van der Waals surface area contributed by atoms with E-state index in [1.807, 2.05) is 24.3 Å². The molecule has 0 aliphatic carbocycles. The van der Waals surface area contributed by atoms with Gasteiger partial charge in [0.2, 0.25) is 0 Å². The number of halogens is 1. The lowest BCUT2D eigenvalue weighted by molar-refractivity contribution is -0.0537. The summed E-state index contributed by atoms with van der Waals surface area (Å²) in [5, 5.41) is 10.3. The van der Waals surface area contributed by atoms with Crippen LogP contribution in [0.2, 0.25) is 0 Å². The van der Waals surface area contributed by atoms with E-state index < -0.39 is 6.10 Å². The van der Waals surface area contributed by atoms with Gasteiger partial charge in [-0.15, -0.1) is 0 Å². The Bertz CT molecular complexity index is 372. The van der Waals surface area contributed by atoms with E-state index in [2.05, 4.69) is 34.7 Å². The minimum absolute atomic E-state index is 0.360. The van der Waals surface area contributed by atoms with Gasteiger partial charge in [-0.1, -0.05) is 28.1 Å². The summed E-state index contributed by atoms with van der Waals surface area (Å²) in [7, 11) is 0. The molecule has 3 atom stereocenters. The second-order valence-electron chi connectivity index (χ2n) is 5.00. The van der Waals surface area contributed by atoms with Gasteiger partial charge in [0, 0.05) is 23.1 Å². The summed E-state index contributed by atoms with van der Waals surface area (Å²) >= 11 is 3.40. The molecule has 3 nitrogen and oxygen atoms in total. The third-order valence-electron chi connectivity index (χ3n) is 3.49. The summed E-state index contributed by atoms with van der Waals surface area (Å²) < 4.78 is 6.53. The van der Waals surface area contributed by atoms with E-state index in [9.17, 15) is 5.11 Å². The number of ether oxygens (including phenoxy) is 1. The molecule has 18 heavy (non-hydrogen) atoms. The van der Waals surface area contributed by atoms with E-state index in [1.54, 1.807) is 0 Å². The minimum Gasteiger partial charge on any atom is -0.387 e. The van der Waals surface area contributed by atoms with E-state index in [-0.39, 0.29) is 0 Å². The average Bonchev–Trinajstić information content (AvgIpc) is 2.34. The fourth-order valence-corrected chi connectivity index (χ4v) is 2.65. The molecule has 0 radical (unpaired) electrons. The maximum Gasteiger partial charge on any atom is 0.0917 e. The first kappa shape index (κ1) is 14.0. The van der Waals surface area contributed by atoms with Gasteiger partial charge in [-0.3, -0.25) is 4.90 Å². The predicted octanol–water partition coefficient (Wildman–Crippen LogP) is 2.59. The average molecular weight is 314 g/mol. The third-order valence-corrected chi connectivity index (χ3v) is 4.02. The minimum atomic E-state index is -0.443. The second-order valence-corrected chi connectivity index (χ2v) is 5.92. The van der Waals surface area contributed by atoms with Gasteiger partial charge in [0.05, 0.1) is 19.3 Å². The zero-order valence-electron chi connectivity index (χ0n) is 10.8. The molecular weight excluding hydrogens is 294 g/mol. The Balaban J connectivity index is 2.01. The zero-order valence-corrected chi connectivity index (χ0v) is 12.4. The van der Waals surface area contributed by atoms with Crippen LogP contribution in [0.15, 0.2) is 28.7 Å². The highest BCUT2D eigenvalue weighted by Crippen LogP contribution is 2.21. The molecule has 0 bridgehead atoms. The predicted molar refractivity (Wildman–Crippen MR) is 75.6 cm³/mol. The van der Waals surface area contributed by atoms with Gasteiger partial charge in [-0.05, 0) is 31.5 Å². The second kappa shape index (κ2) is 6.15. The van der Waals surface area contributed by atoms with Crippen LogP contribution in [0, 0.1) is 0 Å². The van der Waals surface area contributed by atoms with Gasteiger partial charge < -0.3 is 9.84 Å². The van der Waals surface area contributed by atoms with Gasteiger partial charge in [0.1, 0.15) is 0 Å². The Morgan fingerprint density at radius 2 is 1.83 bits per heavy atom. The van der Waals surface area contributed by atoms with Gasteiger partial charge in [-0.2, -0.15) is 0 Å². The van der Waals surface area contributed by atoms with Crippen molar-refractivity contribution in [1.82, 2.24) is 4.90 Å². The van der Waals surface area contributed by atoms with Crippen molar-refractivity contribution < 1.29 is 9.84 Å². The van der Waals surface area contributed by atoms with E-state index in [0.717, 1.165) is 23.2 Å². The molecule has 1 aliphatic heterocycles. The Hall–Kier alpha value is -0.420. The van der Waals surface area contributed by atoms with Crippen molar-refractivity contribution in [3.05, 3.63) is 34.3 Å². The molecule has 0 amide bonds. The standard InChI is InChI=1S/C14H20BrNO2/c1-10-8-18-9-11(2)16(10)7-14(17)12-3-5-13(15)6-4-12/h3-6,10-11,14,17H,7-9H2,1-2H3. The van der Waals surface area contributed by atoms with Gasteiger partial charge in [0.25, 0.3) is 0 Å². The number of nitrogens with zero attached hydrogens (tertiary/aromatic N) is 1. The van der Waals surface area contributed by atoms with Crippen molar-refractivity contribution in [3.8, 4) is 0 Å². The fraction of sp³-hybridized carbons (Fsp3) is 0.571. The van der Waals surface area contributed by atoms with Crippen molar-refractivity contribution in [2.45, 2.75) is 32.0 Å². The van der Waals surface area contributed by atoms with Crippen LogP contribution < -0.4 is 0 Å². The molecule has 0 spiro atoms. The summed E-state index contributed by atoms with van der Waals surface area (Å²) in [6, 6.07) is 8.57. The van der Waals surface area contributed by atoms with Gasteiger partial charge in [-0.25, -0.2) is 0 Å². The lowest BCUT2D eigenvalue weighted by Gasteiger charge is -2.39. The van der Waals surface area contributed by atoms with E-state index in [0.29, 0.717) is 18.6 Å². The molecule has 1 N–H and O–H groups in total. The summed E-state index contributed by atoms with van der Waals surface area (Å²) in [6.45, 7) is 6.44. The molecule has 1 aromatic rings. The molecule has 2 rings (SSSR count). The number of hydrogen-bond acceptors (Lipinski definition) is 3. The maximum atomic E-state index is 10.3. The Kier molecular flexibility index (Phi) is 4.78. The van der Waals surface area contributed by atoms with Crippen LogP contribution >= 0.6 is 15.9 Å². The normalized spacial score (nSPS) is 27.1. The highest BCUT2D eigenvalue weighted by Gasteiger charge is 2.27. The molecule has 1 fully saturated rings. The van der Waals surface area contributed by atoms with Crippen molar-refractivity contribution in [1.29, 1.82) is 0 Å².